The number of aromatic nitrogens is 1. The van der Waals surface area contributed by atoms with Crippen molar-refractivity contribution in [3.8, 4) is 6.07 Å². The van der Waals surface area contributed by atoms with E-state index in [-0.39, 0.29) is 10.9 Å². The fraction of sp³-hybridized carbons (Fsp3) is 0.263. The average molecular weight is 384 g/mol. The minimum atomic E-state index is -3.73. The summed E-state index contributed by atoms with van der Waals surface area (Å²) in [7, 11) is -2.09. The Morgan fingerprint density at radius 1 is 1.48 bits per heavy atom. The number of nitrogens with zero attached hydrogens (tertiary/aromatic N) is 2. The number of fused-ring (bicyclic) bond motifs is 1. The molecule has 7 nitrogen and oxygen atoms in total. The van der Waals surface area contributed by atoms with Gasteiger partial charge in [0.05, 0.1) is 11.6 Å². The summed E-state index contributed by atoms with van der Waals surface area (Å²) in [5.41, 5.74) is 2.55. The number of carbonyl (C=O) groups excluding carboxylic acids is 1. The topological polar surface area (TPSA) is 104 Å². The summed E-state index contributed by atoms with van der Waals surface area (Å²) in [5.74, 6) is -0.418. The molecule has 2 heterocycles. The highest BCUT2D eigenvalue weighted by atomic mass is 32.2. The van der Waals surface area contributed by atoms with Gasteiger partial charge in [-0.1, -0.05) is 12.1 Å². The third-order valence-corrected chi connectivity index (χ3v) is 6.21. The zero-order valence-electron chi connectivity index (χ0n) is 15.1. The van der Waals surface area contributed by atoms with E-state index in [1.165, 1.54) is 10.8 Å². The molecule has 27 heavy (non-hydrogen) atoms. The van der Waals surface area contributed by atoms with Gasteiger partial charge in [0, 0.05) is 30.5 Å². The molecule has 0 spiro atoms. The third-order valence-electron chi connectivity index (χ3n) is 4.66. The molecule has 2 aromatic rings. The number of aryl methyl sites for hydroxylation is 2. The molecule has 1 amide bonds. The first kappa shape index (κ1) is 18.9. The van der Waals surface area contributed by atoms with Crippen molar-refractivity contribution in [2.24, 2.45) is 7.05 Å². The van der Waals surface area contributed by atoms with Crippen molar-refractivity contribution in [3.05, 3.63) is 59.4 Å². The van der Waals surface area contributed by atoms with E-state index in [2.05, 4.69) is 22.7 Å². The number of hydrogen-bond donors (Lipinski definition) is 2. The molecule has 0 unspecified atom stereocenters. The molecular formula is C19H20N4O3S. The maximum absolute atomic E-state index is 12.9. The fourth-order valence-corrected chi connectivity index (χ4v) is 4.78. The minimum Gasteiger partial charge on any atom is -0.345 e. The van der Waals surface area contributed by atoms with Crippen LogP contribution in [0.15, 0.2) is 41.9 Å². The van der Waals surface area contributed by atoms with Gasteiger partial charge in [0.15, 0.2) is 0 Å². The van der Waals surface area contributed by atoms with Crippen molar-refractivity contribution in [2.45, 2.75) is 30.7 Å². The molecular weight excluding hydrogens is 364 g/mol. The maximum Gasteiger partial charge on any atom is 0.272 e. The second kappa shape index (κ2) is 7.02. The monoisotopic (exact) mass is 384 g/mol. The quantitative estimate of drug-likeness (QED) is 0.792. The zero-order chi connectivity index (χ0) is 19.8. The highest BCUT2D eigenvalue weighted by Crippen LogP contribution is 2.28. The molecule has 0 saturated carbocycles. The Morgan fingerprint density at radius 2 is 2.22 bits per heavy atom. The Kier molecular flexibility index (Phi) is 4.91. The van der Waals surface area contributed by atoms with Crippen molar-refractivity contribution < 1.29 is 13.2 Å². The van der Waals surface area contributed by atoms with Gasteiger partial charge in [0.1, 0.15) is 10.6 Å². The summed E-state index contributed by atoms with van der Waals surface area (Å²) in [6, 6.07) is 6.77. The number of carbonyl (C=O) groups is 1. The molecule has 0 bridgehead atoms. The first-order valence-electron chi connectivity index (χ1n) is 8.42. The van der Waals surface area contributed by atoms with Gasteiger partial charge in [-0.05, 0) is 37.5 Å². The SMILES string of the molecule is C=C[C@H]1CCc2c(cn(C)c2C(=O)Nc2ccc(C)c(C#N)c2)S(=O)(=O)N1. The predicted octanol–water partition coefficient (Wildman–Crippen LogP) is 2.24. The van der Waals surface area contributed by atoms with Crippen molar-refractivity contribution in [3.63, 3.8) is 0 Å². The fourth-order valence-electron chi connectivity index (χ4n) is 3.22. The van der Waals surface area contributed by atoms with Crippen LogP contribution in [-0.2, 0) is 23.5 Å². The van der Waals surface area contributed by atoms with Crippen LogP contribution in [0.5, 0.6) is 0 Å². The maximum atomic E-state index is 12.9. The van der Waals surface area contributed by atoms with E-state index in [4.69, 9.17) is 5.26 Å². The van der Waals surface area contributed by atoms with Gasteiger partial charge in [0.2, 0.25) is 10.0 Å². The van der Waals surface area contributed by atoms with Crippen molar-refractivity contribution in [1.29, 1.82) is 5.26 Å². The molecule has 0 saturated heterocycles. The number of sulfonamides is 1. The molecule has 0 radical (unpaired) electrons. The van der Waals surface area contributed by atoms with Crippen LogP contribution < -0.4 is 10.0 Å². The van der Waals surface area contributed by atoms with Crippen molar-refractivity contribution in [2.75, 3.05) is 5.32 Å². The van der Waals surface area contributed by atoms with E-state index in [0.29, 0.717) is 35.3 Å². The highest BCUT2D eigenvalue weighted by Gasteiger charge is 2.32. The molecule has 1 atom stereocenters. The summed E-state index contributed by atoms with van der Waals surface area (Å²) >= 11 is 0. The van der Waals surface area contributed by atoms with E-state index in [1.807, 2.05) is 6.92 Å². The van der Waals surface area contributed by atoms with E-state index < -0.39 is 15.9 Å². The Hall–Kier alpha value is -2.89. The van der Waals surface area contributed by atoms with Gasteiger partial charge in [-0.2, -0.15) is 5.26 Å². The number of amides is 1. The van der Waals surface area contributed by atoms with Gasteiger partial charge in [0.25, 0.3) is 5.91 Å². The van der Waals surface area contributed by atoms with Crippen molar-refractivity contribution >= 4 is 21.6 Å². The second-order valence-corrected chi connectivity index (χ2v) is 8.21. The molecule has 3 rings (SSSR count). The Balaban J connectivity index is 1.99. The van der Waals surface area contributed by atoms with E-state index >= 15 is 0 Å². The Labute approximate surface area is 158 Å². The van der Waals surface area contributed by atoms with Crippen LogP contribution in [0.1, 0.15) is 33.6 Å². The van der Waals surface area contributed by atoms with Gasteiger partial charge in [-0.25, -0.2) is 13.1 Å². The molecule has 1 aliphatic rings. The van der Waals surface area contributed by atoms with Crippen LogP contribution >= 0.6 is 0 Å². The molecule has 0 aliphatic carbocycles. The van der Waals surface area contributed by atoms with Crippen LogP contribution in [0.25, 0.3) is 0 Å². The number of hydrogen-bond acceptors (Lipinski definition) is 4. The summed E-state index contributed by atoms with van der Waals surface area (Å²) in [6.45, 7) is 5.47. The number of benzene rings is 1. The largest absolute Gasteiger partial charge is 0.345 e. The molecule has 2 N–H and O–H groups in total. The number of anilines is 1. The third kappa shape index (κ3) is 3.52. The zero-order valence-corrected chi connectivity index (χ0v) is 15.9. The summed E-state index contributed by atoms with van der Waals surface area (Å²) in [4.78, 5) is 13.0. The lowest BCUT2D eigenvalue weighted by Crippen LogP contribution is -2.31. The highest BCUT2D eigenvalue weighted by molar-refractivity contribution is 7.89. The normalized spacial score (nSPS) is 18.0. The first-order valence-corrected chi connectivity index (χ1v) is 9.90. The molecule has 0 fully saturated rings. The predicted molar refractivity (Wildman–Crippen MR) is 102 cm³/mol. The molecule has 8 heteroatoms. The summed E-state index contributed by atoms with van der Waals surface area (Å²) < 4.78 is 29.3. The Bertz CT molecular complexity index is 1080. The molecule has 1 aliphatic heterocycles. The van der Waals surface area contributed by atoms with Crippen molar-refractivity contribution in [1.82, 2.24) is 9.29 Å². The summed E-state index contributed by atoms with van der Waals surface area (Å²) in [5, 5.41) is 11.9. The van der Waals surface area contributed by atoms with Crippen LogP contribution in [-0.4, -0.2) is 24.9 Å². The Morgan fingerprint density at radius 3 is 2.89 bits per heavy atom. The van der Waals surface area contributed by atoms with Crippen LogP contribution in [0, 0.1) is 18.3 Å². The van der Waals surface area contributed by atoms with E-state index in [1.54, 1.807) is 31.3 Å². The lowest BCUT2D eigenvalue weighted by Gasteiger charge is -2.11. The lowest BCUT2D eigenvalue weighted by atomic mass is 10.1. The van der Waals surface area contributed by atoms with Crippen LogP contribution in [0.3, 0.4) is 0 Å². The summed E-state index contributed by atoms with van der Waals surface area (Å²) in [6.07, 6.45) is 3.95. The number of nitriles is 1. The first-order chi connectivity index (χ1) is 12.8. The second-order valence-electron chi connectivity index (χ2n) is 6.53. The van der Waals surface area contributed by atoms with Gasteiger partial charge in [-0.3, -0.25) is 4.79 Å². The van der Waals surface area contributed by atoms with E-state index in [9.17, 15) is 13.2 Å². The molecule has 140 valence electrons. The standard InChI is InChI=1S/C19H20N4O3S/c1-4-14-7-8-16-17(27(25,26)22-14)11-23(3)18(16)19(24)21-15-6-5-12(2)13(9-15)10-20/h4-6,9,11,14,22H,1,7-8H2,2-3H3,(H,21,24)/t14-/m0/s1. The van der Waals surface area contributed by atoms with Gasteiger partial charge >= 0.3 is 0 Å². The smallest absolute Gasteiger partial charge is 0.272 e. The molecule has 1 aromatic carbocycles. The lowest BCUT2D eigenvalue weighted by molar-refractivity contribution is 0.101. The minimum absolute atomic E-state index is 0.112. The van der Waals surface area contributed by atoms with Gasteiger partial charge in [-0.15, -0.1) is 6.58 Å². The average Bonchev–Trinajstić information content (AvgIpc) is 2.91. The van der Waals surface area contributed by atoms with Crippen LogP contribution in [0.4, 0.5) is 5.69 Å². The van der Waals surface area contributed by atoms with E-state index in [0.717, 1.165) is 5.56 Å². The number of nitrogens with one attached hydrogen (secondary N) is 2. The van der Waals surface area contributed by atoms with Gasteiger partial charge < -0.3 is 9.88 Å². The number of rotatable bonds is 3. The molecule has 1 aromatic heterocycles. The van der Waals surface area contributed by atoms with Crippen LogP contribution in [0.2, 0.25) is 0 Å².